The fourth-order valence-corrected chi connectivity index (χ4v) is 3.46. The number of hydrazine groups is 1. The van der Waals surface area contributed by atoms with Crippen molar-refractivity contribution in [2.24, 2.45) is 11.7 Å². The number of amides is 1. The Kier molecular flexibility index (Phi) is 3.81. The van der Waals surface area contributed by atoms with Crippen LogP contribution in [0.5, 0.6) is 0 Å². The molecule has 126 valence electrons. The van der Waals surface area contributed by atoms with E-state index in [0.29, 0.717) is 25.6 Å². The molecule has 1 aromatic heterocycles. The van der Waals surface area contributed by atoms with Crippen molar-refractivity contribution < 1.29 is 9.90 Å². The SMILES string of the molecule is NC1NNC(C(=O)N2CCn3nc(C(O)C4CC4)cc3C2)C1Cl. The van der Waals surface area contributed by atoms with Gasteiger partial charge in [-0.05, 0) is 24.8 Å². The highest BCUT2D eigenvalue weighted by Crippen LogP contribution is 2.40. The van der Waals surface area contributed by atoms with Crippen molar-refractivity contribution in [3.05, 3.63) is 17.5 Å². The van der Waals surface area contributed by atoms with Crippen molar-refractivity contribution in [2.45, 2.75) is 49.6 Å². The summed E-state index contributed by atoms with van der Waals surface area (Å²) in [6, 6.07) is 1.38. The van der Waals surface area contributed by atoms with Crippen molar-refractivity contribution in [3.63, 3.8) is 0 Å². The van der Waals surface area contributed by atoms with Gasteiger partial charge in [0.2, 0.25) is 5.91 Å². The monoisotopic (exact) mass is 340 g/mol. The lowest BCUT2D eigenvalue weighted by Gasteiger charge is -2.30. The zero-order chi connectivity index (χ0) is 16.1. The maximum atomic E-state index is 12.6. The van der Waals surface area contributed by atoms with Crippen LogP contribution in [0.2, 0.25) is 0 Å². The second-order valence-corrected chi connectivity index (χ2v) is 7.07. The quantitative estimate of drug-likeness (QED) is 0.528. The highest BCUT2D eigenvalue weighted by Gasteiger charge is 2.40. The molecule has 1 aliphatic carbocycles. The first-order valence-corrected chi connectivity index (χ1v) is 8.42. The van der Waals surface area contributed by atoms with Crippen LogP contribution in [0, 0.1) is 5.92 Å². The van der Waals surface area contributed by atoms with Crippen LogP contribution in [0.1, 0.15) is 30.3 Å². The lowest BCUT2D eigenvalue weighted by atomic mass is 10.1. The Morgan fingerprint density at radius 2 is 2.22 bits per heavy atom. The second kappa shape index (κ2) is 5.71. The molecule has 1 aromatic rings. The summed E-state index contributed by atoms with van der Waals surface area (Å²) in [6.45, 7) is 1.67. The number of hydrogen-bond acceptors (Lipinski definition) is 6. The Labute approximate surface area is 138 Å². The minimum Gasteiger partial charge on any atom is -0.386 e. The minimum atomic E-state index is -0.530. The van der Waals surface area contributed by atoms with E-state index in [9.17, 15) is 9.90 Å². The predicted molar refractivity (Wildman–Crippen MR) is 83.0 cm³/mol. The lowest BCUT2D eigenvalue weighted by molar-refractivity contribution is -0.134. The van der Waals surface area contributed by atoms with Gasteiger partial charge in [0.25, 0.3) is 0 Å². The summed E-state index contributed by atoms with van der Waals surface area (Å²) in [5.41, 5.74) is 13.1. The second-order valence-electron chi connectivity index (χ2n) is 6.56. The van der Waals surface area contributed by atoms with Crippen molar-refractivity contribution >= 4 is 17.5 Å². The lowest BCUT2D eigenvalue weighted by Crippen LogP contribution is -2.50. The molecular weight excluding hydrogens is 320 g/mol. The number of nitrogens with two attached hydrogens (primary N) is 1. The fraction of sp³-hybridized carbons (Fsp3) is 0.714. The summed E-state index contributed by atoms with van der Waals surface area (Å²) in [5, 5.41) is 14.2. The van der Waals surface area contributed by atoms with Gasteiger partial charge in [0.15, 0.2) is 0 Å². The Morgan fingerprint density at radius 3 is 2.87 bits per heavy atom. The molecule has 0 bridgehead atoms. The van der Waals surface area contributed by atoms with E-state index in [1.165, 1.54) is 0 Å². The van der Waals surface area contributed by atoms with E-state index in [-0.39, 0.29) is 5.91 Å². The molecule has 1 saturated carbocycles. The third kappa shape index (κ3) is 2.74. The number of aliphatic hydroxyl groups excluding tert-OH is 1. The van der Waals surface area contributed by atoms with Gasteiger partial charge in [0.1, 0.15) is 12.1 Å². The average Bonchev–Trinajstić information content (AvgIpc) is 3.23. The number of aromatic nitrogens is 2. The van der Waals surface area contributed by atoms with Gasteiger partial charge < -0.3 is 15.7 Å². The summed E-state index contributed by atoms with van der Waals surface area (Å²) in [6.07, 6.45) is 1.20. The van der Waals surface area contributed by atoms with Gasteiger partial charge in [-0.25, -0.2) is 10.9 Å². The van der Waals surface area contributed by atoms with Crippen molar-refractivity contribution in [2.75, 3.05) is 6.54 Å². The Hall–Kier alpha value is -1.19. The Bertz CT molecular complexity index is 618. The van der Waals surface area contributed by atoms with Crippen molar-refractivity contribution in [1.82, 2.24) is 25.5 Å². The molecule has 0 spiro atoms. The van der Waals surface area contributed by atoms with Crippen LogP contribution in [0.15, 0.2) is 6.07 Å². The van der Waals surface area contributed by atoms with E-state index in [1.807, 2.05) is 10.7 Å². The Balaban J connectivity index is 1.47. The van der Waals surface area contributed by atoms with Gasteiger partial charge in [0, 0.05) is 6.54 Å². The number of alkyl halides is 1. The van der Waals surface area contributed by atoms with Gasteiger partial charge in [-0.1, -0.05) is 0 Å². The fourth-order valence-electron chi connectivity index (χ4n) is 3.22. The number of halogens is 1. The summed E-state index contributed by atoms with van der Waals surface area (Å²) in [7, 11) is 0. The van der Waals surface area contributed by atoms with Crippen LogP contribution in [0.4, 0.5) is 0 Å². The molecule has 2 fully saturated rings. The number of carbonyl (C=O) groups is 1. The van der Waals surface area contributed by atoms with Gasteiger partial charge in [0.05, 0.1) is 36.0 Å². The maximum absolute atomic E-state index is 12.6. The van der Waals surface area contributed by atoms with Crippen molar-refractivity contribution in [3.8, 4) is 0 Å². The van der Waals surface area contributed by atoms with Gasteiger partial charge in [-0.3, -0.25) is 9.48 Å². The van der Waals surface area contributed by atoms with Crippen LogP contribution in [-0.2, 0) is 17.9 Å². The van der Waals surface area contributed by atoms with Crippen LogP contribution < -0.4 is 16.6 Å². The van der Waals surface area contributed by atoms with E-state index < -0.39 is 23.7 Å². The maximum Gasteiger partial charge on any atom is 0.243 e. The zero-order valence-electron chi connectivity index (χ0n) is 12.7. The molecule has 8 nitrogen and oxygen atoms in total. The molecule has 4 unspecified atom stereocenters. The summed E-state index contributed by atoms with van der Waals surface area (Å²) >= 11 is 6.18. The van der Waals surface area contributed by atoms with E-state index in [0.717, 1.165) is 24.2 Å². The third-order valence-electron chi connectivity index (χ3n) is 4.83. The summed E-state index contributed by atoms with van der Waals surface area (Å²) in [4.78, 5) is 14.4. The van der Waals surface area contributed by atoms with Crippen LogP contribution in [0.3, 0.4) is 0 Å². The number of nitrogens with zero attached hydrogens (tertiary/aromatic N) is 3. The van der Waals surface area contributed by atoms with E-state index in [2.05, 4.69) is 16.0 Å². The highest BCUT2D eigenvalue weighted by atomic mass is 35.5. The molecule has 0 aromatic carbocycles. The van der Waals surface area contributed by atoms with E-state index >= 15 is 0 Å². The van der Waals surface area contributed by atoms with Crippen LogP contribution in [-0.4, -0.2) is 49.8 Å². The minimum absolute atomic E-state index is 0.0674. The number of aliphatic hydroxyl groups is 1. The molecule has 3 heterocycles. The molecule has 4 rings (SSSR count). The molecule has 5 N–H and O–H groups in total. The summed E-state index contributed by atoms with van der Waals surface area (Å²) < 4.78 is 1.88. The first-order valence-electron chi connectivity index (χ1n) is 7.99. The van der Waals surface area contributed by atoms with Crippen molar-refractivity contribution in [1.29, 1.82) is 0 Å². The number of nitrogens with one attached hydrogen (secondary N) is 2. The molecule has 3 aliphatic rings. The number of rotatable bonds is 3. The molecule has 4 atom stereocenters. The normalized spacial score (nSPS) is 32.0. The molecule has 9 heteroatoms. The average molecular weight is 341 g/mol. The first kappa shape index (κ1) is 15.3. The smallest absolute Gasteiger partial charge is 0.243 e. The topological polar surface area (TPSA) is 108 Å². The molecular formula is C14H21ClN6O2. The van der Waals surface area contributed by atoms with Crippen LogP contribution >= 0.6 is 11.6 Å². The van der Waals surface area contributed by atoms with Gasteiger partial charge in [-0.2, -0.15) is 5.10 Å². The largest absolute Gasteiger partial charge is 0.386 e. The van der Waals surface area contributed by atoms with Gasteiger partial charge >= 0.3 is 0 Å². The Morgan fingerprint density at radius 1 is 1.43 bits per heavy atom. The molecule has 1 amide bonds. The standard InChI is InChI=1S/C14H21ClN6O2/c15-10-11(17-18-13(10)16)14(23)20-3-4-21-8(6-20)5-9(19-21)12(22)7-1-2-7/h5,7,10-13,17-18,22H,1-4,6,16H2. The van der Waals surface area contributed by atoms with Gasteiger partial charge in [-0.15, -0.1) is 11.6 Å². The molecule has 1 saturated heterocycles. The number of carbonyl (C=O) groups excluding carboxylic acids is 1. The van der Waals surface area contributed by atoms with E-state index in [1.54, 1.807) is 4.90 Å². The summed E-state index contributed by atoms with van der Waals surface area (Å²) in [5.74, 6) is 0.277. The van der Waals surface area contributed by atoms with E-state index in [4.69, 9.17) is 17.3 Å². The van der Waals surface area contributed by atoms with Crippen LogP contribution in [0.25, 0.3) is 0 Å². The highest BCUT2D eigenvalue weighted by molar-refractivity contribution is 6.23. The third-order valence-corrected chi connectivity index (χ3v) is 5.36. The molecule has 23 heavy (non-hydrogen) atoms. The first-order chi connectivity index (χ1) is 11.0. The number of hydrogen-bond donors (Lipinski definition) is 4. The molecule has 2 aliphatic heterocycles. The molecule has 0 radical (unpaired) electrons. The zero-order valence-corrected chi connectivity index (χ0v) is 13.4. The predicted octanol–water partition coefficient (Wildman–Crippen LogP) is -0.963. The number of fused-ring (bicyclic) bond motifs is 1.